The van der Waals surface area contributed by atoms with Crippen LogP contribution in [0.3, 0.4) is 0 Å². The Balaban J connectivity index is 1.71. The van der Waals surface area contributed by atoms with Gasteiger partial charge in [0, 0.05) is 5.56 Å². The number of amides is 2. The number of carbonyl (C=O) groups is 2. The van der Waals surface area contributed by atoms with Crippen LogP contribution in [-0.2, 0) is 14.4 Å². The Kier molecular flexibility index (Phi) is 4.30. The number of methoxy groups -OCH3 is 2. The normalized spacial score (nSPS) is 20.7. The van der Waals surface area contributed by atoms with Gasteiger partial charge in [-0.25, -0.2) is 4.90 Å². The first-order chi connectivity index (χ1) is 13.4. The van der Waals surface area contributed by atoms with Crippen molar-refractivity contribution in [1.29, 1.82) is 0 Å². The molecule has 2 heterocycles. The molecule has 0 bridgehead atoms. The summed E-state index contributed by atoms with van der Waals surface area (Å²) in [6, 6.07) is 10.8. The molecule has 0 spiro atoms. The molecule has 7 heteroatoms. The van der Waals surface area contributed by atoms with Gasteiger partial charge < -0.3 is 14.3 Å². The lowest BCUT2D eigenvalue weighted by atomic mass is 9.94. The average molecular weight is 380 g/mol. The van der Waals surface area contributed by atoms with Gasteiger partial charge in [0.25, 0.3) is 5.91 Å². The summed E-state index contributed by atoms with van der Waals surface area (Å²) < 4.78 is 10.6. The summed E-state index contributed by atoms with van der Waals surface area (Å²) in [6.45, 7) is 3.85. The summed E-state index contributed by atoms with van der Waals surface area (Å²) in [7, 11) is 3.08. The number of hydrogen-bond acceptors (Lipinski definition) is 6. The molecule has 0 unspecified atom stereocenters. The SMILES string of the molecule is COc1ccc(C2=NO[C@@H]3C(=O)N(c4cc(C)cc(C)c4)C(=O)[C@H]23)cc1OC. The van der Waals surface area contributed by atoms with Crippen LogP contribution in [0, 0.1) is 19.8 Å². The van der Waals surface area contributed by atoms with E-state index in [2.05, 4.69) is 5.16 Å². The summed E-state index contributed by atoms with van der Waals surface area (Å²) in [6.07, 6.45) is -0.948. The number of imide groups is 1. The Bertz CT molecular complexity index is 994. The van der Waals surface area contributed by atoms with Crippen LogP contribution in [0.4, 0.5) is 5.69 Å². The quantitative estimate of drug-likeness (QED) is 0.762. The molecule has 4 rings (SSSR count). The van der Waals surface area contributed by atoms with E-state index in [9.17, 15) is 9.59 Å². The number of rotatable bonds is 4. The third-order valence-electron chi connectivity index (χ3n) is 4.96. The molecule has 2 aromatic rings. The number of benzene rings is 2. The third kappa shape index (κ3) is 2.70. The van der Waals surface area contributed by atoms with Crippen LogP contribution in [0.5, 0.6) is 11.5 Å². The molecule has 7 nitrogen and oxygen atoms in total. The van der Waals surface area contributed by atoms with E-state index in [1.54, 1.807) is 25.3 Å². The Hall–Kier alpha value is -3.35. The van der Waals surface area contributed by atoms with Gasteiger partial charge >= 0.3 is 0 Å². The summed E-state index contributed by atoms with van der Waals surface area (Å²) >= 11 is 0. The van der Waals surface area contributed by atoms with E-state index in [1.807, 2.05) is 32.0 Å². The maximum Gasteiger partial charge on any atom is 0.278 e. The molecular formula is C21H20N2O5. The van der Waals surface area contributed by atoms with Gasteiger partial charge in [-0.2, -0.15) is 0 Å². The smallest absolute Gasteiger partial charge is 0.278 e. The summed E-state index contributed by atoms with van der Waals surface area (Å²) in [4.78, 5) is 32.6. The second-order valence-corrected chi connectivity index (χ2v) is 6.91. The first-order valence-electron chi connectivity index (χ1n) is 8.87. The van der Waals surface area contributed by atoms with E-state index < -0.39 is 17.9 Å². The molecule has 0 radical (unpaired) electrons. The van der Waals surface area contributed by atoms with Crippen LogP contribution in [-0.4, -0.2) is 37.8 Å². The molecule has 2 amide bonds. The zero-order valence-electron chi connectivity index (χ0n) is 16.1. The van der Waals surface area contributed by atoms with E-state index in [0.717, 1.165) is 11.1 Å². The van der Waals surface area contributed by atoms with Gasteiger partial charge in [-0.05, 0) is 55.3 Å². The van der Waals surface area contributed by atoms with Gasteiger partial charge in [0.15, 0.2) is 11.5 Å². The monoisotopic (exact) mass is 380 g/mol. The number of carbonyl (C=O) groups excluding carboxylic acids is 2. The fourth-order valence-corrected chi connectivity index (χ4v) is 3.75. The second kappa shape index (κ2) is 6.67. The predicted octanol–water partition coefficient (Wildman–Crippen LogP) is 2.61. The molecule has 1 saturated heterocycles. The Morgan fingerprint density at radius 3 is 2.25 bits per heavy atom. The molecule has 2 aliphatic rings. The molecule has 2 aromatic carbocycles. The summed E-state index contributed by atoms with van der Waals surface area (Å²) in [5.41, 5.74) is 3.56. The second-order valence-electron chi connectivity index (χ2n) is 6.91. The topological polar surface area (TPSA) is 77.4 Å². The highest BCUT2D eigenvalue weighted by atomic mass is 16.7. The summed E-state index contributed by atoms with van der Waals surface area (Å²) in [5, 5.41) is 4.04. The van der Waals surface area contributed by atoms with E-state index in [-0.39, 0.29) is 5.91 Å². The number of anilines is 1. The first kappa shape index (κ1) is 18.0. The zero-order valence-corrected chi connectivity index (χ0v) is 16.1. The van der Waals surface area contributed by atoms with Gasteiger partial charge in [-0.3, -0.25) is 9.59 Å². The van der Waals surface area contributed by atoms with Crippen molar-refractivity contribution in [2.45, 2.75) is 20.0 Å². The molecule has 0 N–H and O–H groups in total. The van der Waals surface area contributed by atoms with Crippen molar-refractivity contribution in [1.82, 2.24) is 0 Å². The molecule has 0 aliphatic carbocycles. The molecule has 2 atom stereocenters. The summed E-state index contributed by atoms with van der Waals surface area (Å²) in [5.74, 6) is -0.459. The lowest BCUT2D eigenvalue weighted by molar-refractivity contribution is -0.126. The van der Waals surface area contributed by atoms with Crippen LogP contribution in [0.2, 0.25) is 0 Å². The van der Waals surface area contributed by atoms with E-state index in [0.29, 0.717) is 28.5 Å². The van der Waals surface area contributed by atoms with Crippen LogP contribution < -0.4 is 14.4 Å². The van der Waals surface area contributed by atoms with Crippen LogP contribution in [0.1, 0.15) is 16.7 Å². The van der Waals surface area contributed by atoms with Crippen molar-refractivity contribution in [3.8, 4) is 11.5 Å². The Labute approximate surface area is 162 Å². The maximum atomic E-state index is 13.2. The average Bonchev–Trinajstić information content (AvgIpc) is 3.20. The van der Waals surface area contributed by atoms with Crippen LogP contribution in [0.25, 0.3) is 0 Å². The first-order valence-corrected chi connectivity index (χ1v) is 8.87. The highest BCUT2D eigenvalue weighted by Gasteiger charge is 2.56. The van der Waals surface area contributed by atoms with Crippen LogP contribution >= 0.6 is 0 Å². The Morgan fingerprint density at radius 2 is 1.61 bits per heavy atom. The lowest BCUT2D eigenvalue weighted by Gasteiger charge is -2.17. The van der Waals surface area contributed by atoms with Crippen molar-refractivity contribution < 1.29 is 23.9 Å². The van der Waals surface area contributed by atoms with Gasteiger partial charge in [-0.15, -0.1) is 0 Å². The van der Waals surface area contributed by atoms with Gasteiger partial charge in [0.1, 0.15) is 11.6 Å². The number of fused-ring (bicyclic) bond motifs is 1. The fraction of sp³-hybridized carbons (Fsp3) is 0.286. The number of nitrogens with zero attached hydrogens (tertiary/aromatic N) is 2. The predicted molar refractivity (Wildman–Crippen MR) is 103 cm³/mol. The van der Waals surface area contributed by atoms with Gasteiger partial charge in [-0.1, -0.05) is 11.2 Å². The molecule has 144 valence electrons. The number of hydrogen-bond donors (Lipinski definition) is 0. The highest BCUT2D eigenvalue weighted by Crippen LogP contribution is 2.37. The van der Waals surface area contributed by atoms with Crippen molar-refractivity contribution in [3.05, 3.63) is 53.1 Å². The lowest BCUT2D eigenvalue weighted by Crippen LogP contribution is -2.33. The van der Waals surface area contributed by atoms with Crippen molar-refractivity contribution in [2.75, 3.05) is 19.1 Å². The van der Waals surface area contributed by atoms with Gasteiger partial charge in [0.05, 0.1) is 19.9 Å². The van der Waals surface area contributed by atoms with Crippen LogP contribution in [0.15, 0.2) is 41.6 Å². The minimum Gasteiger partial charge on any atom is -0.493 e. The Morgan fingerprint density at radius 1 is 0.929 bits per heavy atom. The minimum atomic E-state index is -0.948. The van der Waals surface area contributed by atoms with E-state index in [4.69, 9.17) is 14.3 Å². The molecule has 1 fully saturated rings. The molecule has 28 heavy (non-hydrogen) atoms. The number of oxime groups is 1. The van der Waals surface area contributed by atoms with E-state index in [1.165, 1.54) is 12.0 Å². The fourth-order valence-electron chi connectivity index (χ4n) is 3.75. The van der Waals surface area contributed by atoms with E-state index >= 15 is 0 Å². The largest absolute Gasteiger partial charge is 0.493 e. The maximum absolute atomic E-state index is 13.2. The zero-order chi connectivity index (χ0) is 20.0. The molecule has 2 aliphatic heterocycles. The van der Waals surface area contributed by atoms with Crippen molar-refractivity contribution in [3.63, 3.8) is 0 Å². The van der Waals surface area contributed by atoms with Crippen molar-refractivity contribution in [2.24, 2.45) is 11.1 Å². The van der Waals surface area contributed by atoms with Crippen molar-refractivity contribution >= 4 is 23.2 Å². The molecule has 0 saturated carbocycles. The molecule has 0 aromatic heterocycles. The van der Waals surface area contributed by atoms with Gasteiger partial charge in [0.2, 0.25) is 12.0 Å². The number of ether oxygens (including phenoxy) is 2. The highest BCUT2D eigenvalue weighted by molar-refractivity contribution is 6.32. The standard InChI is InChI=1S/C21H20N2O5/c1-11-7-12(2)9-14(8-11)23-20(24)17-18(22-28-19(17)21(23)25)13-5-6-15(26-3)16(10-13)27-4/h5-10,17,19H,1-4H3/t17-,19+/m1/s1. The minimum absolute atomic E-state index is 0.342. The number of aryl methyl sites for hydroxylation is 2. The third-order valence-corrected chi connectivity index (χ3v) is 4.96. The molecular weight excluding hydrogens is 360 g/mol.